The summed E-state index contributed by atoms with van der Waals surface area (Å²) in [6.45, 7) is 12.6. The molecule has 1 aromatic rings. The van der Waals surface area contributed by atoms with Crippen molar-refractivity contribution >= 4 is 11.6 Å². The molecule has 0 fully saturated rings. The van der Waals surface area contributed by atoms with E-state index in [0.29, 0.717) is 0 Å². The van der Waals surface area contributed by atoms with E-state index in [-0.39, 0.29) is 0 Å². The van der Waals surface area contributed by atoms with E-state index in [1.54, 1.807) is 0 Å². The van der Waals surface area contributed by atoms with Gasteiger partial charge in [-0.05, 0) is 39.8 Å². The van der Waals surface area contributed by atoms with Gasteiger partial charge < -0.3 is 9.80 Å². The van der Waals surface area contributed by atoms with E-state index >= 15 is 0 Å². The third-order valence-corrected chi connectivity index (χ3v) is 3.08. The lowest BCUT2D eigenvalue weighted by Crippen LogP contribution is -2.44. The van der Waals surface area contributed by atoms with E-state index in [0.717, 1.165) is 37.8 Å². The molecule has 0 unspecified atom stereocenters. The Balaban J connectivity index is 3.06. The van der Waals surface area contributed by atoms with E-state index in [2.05, 4.69) is 37.5 Å². The molecule has 100 valence electrons. The van der Waals surface area contributed by atoms with Crippen molar-refractivity contribution in [3.8, 4) is 0 Å². The van der Waals surface area contributed by atoms with Crippen LogP contribution in [0, 0.1) is 0 Å². The fourth-order valence-corrected chi connectivity index (χ4v) is 1.97. The Hall–Kier alpha value is -1.51. The van der Waals surface area contributed by atoms with Crippen molar-refractivity contribution in [2.75, 3.05) is 26.2 Å². The average molecular weight is 247 g/mol. The van der Waals surface area contributed by atoms with Crippen molar-refractivity contribution in [2.24, 2.45) is 4.99 Å². The molecule has 0 heterocycles. The smallest absolute Gasteiger partial charge is 0.201 e. The average Bonchev–Trinajstić information content (AvgIpc) is 2.42. The number of hydrogen-bond acceptors (Lipinski definition) is 1. The summed E-state index contributed by atoms with van der Waals surface area (Å²) in [6.07, 6.45) is 0. The number of guanidine groups is 1. The highest BCUT2D eigenvalue weighted by atomic mass is 15.4. The van der Waals surface area contributed by atoms with Crippen LogP contribution in [0.2, 0.25) is 0 Å². The lowest BCUT2D eigenvalue weighted by molar-refractivity contribution is 0.351. The molecule has 0 aliphatic carbocycles. The van der Waals surface area contributed by atoms with Crippen LogP contribution >= 0.6 is 0 Å². The molecule has 0 aliphatic heterocycles. The van der Waals surface area contributed by atoms with Gasteiger partial charge in [-0.2, -0.15) is 0 Å². The first-order chi connectivity index (χ1) is 8.76. The number of aliphatic imine (C=N–C) groups is 1. The quantitative estimate of drug-likeness (QED) is 0.587. The second-order valence-electron chi connectivity index (χ2n) is 4.09. The standard InChI is InChI=1S/C15H25N3/c1-5-17(6-2)15(18(7-3)8-4)16-14-12-10-9-11-13-14/h9-13H,5-8H2,1-4H3. The molecule has 1 rings (SSSR count). The van der Waals surface area contributed by atoms with Gasteiger partial charge in [0, 0.05) is 26.2 Å². The molecule has 3 nitrogen and oxygen atoms in total. The first kappa shape index (κ1) is 14.6. The Labute approximate surface area is 111 Å². The zero-order chi connectivity index (χ0) is 13.4. The lowest BCUT2D eigenvalue weighted by atomic mass is 10.3. The second kappa shape index (κ2) is 7.75. The van der Waals surface area contributed by atoms with Crippen LogP contribution < -0.4 is 0 Å². The van der Waals surface area contributed by atoms with Gasteiger partial charge >= 0.3 is 0 Å². The minimum atomic E-state index is 0.985. The Kier molecular flexibility index (Phi) is 6.26. The van der Waals surface area contributed by atoms with Crippen LogP contribution in [0.3, 0.4) is 0 Å². The second-order valence-corrected chi connectivity index (χ2v) is 4.09. The lowest BCUT2D eigenvalue weighted by Gasteiger charge is -2.31. The van der Waals surface area contributed by atoms with Gasteiger partial charge in [-0.15, -0.1) is 0 Å². The molecule has 0 N–H and O–H groups in total. The summed E-state index contributed by atoms with van der Waals surface area (Å²) in [5, 5.41) is 0. The van der Waals surface area contributed by atoms with Gasteiger partial charge in [0.1, 0.15) is 0 Å². The van der Waals surface area contributed by atoms with Crippen LogP contribution in [0.1, 0.15) is 27.7 Å². The van der Waals surface area contributed by atoms with Crippen LogP contribution in [0.15, 0.2) is 35.3 Å². The van der Waals surface area contributed by atoms with Gasteiger partial charge in [0.2, 0.25) is 5.96 Å². The van der Waals surface area contributed by atoms with Gasteiger partial charge in [0.15, 0.2) is 0 Å². The number of para-hydroxylation sites is 1. The summed E-state index contributed by atoms with van der Waals surface area (Å²) in [5.41, 5.74) is 1.02. The molecule has 1 aromatic carbocycles. The molecule has 3 heteroatoms. The van der Waals surface area contributed by atoms with Gasteiger partial charge in [-0.1, -0.05) is 18.2 Å². The van der Waals surface area contributed by atoms with E-state index in [4.69, 9.17) is 4.99 Å². The summed E-state index contributed by atoms with van der Waals surface area (Å²) in [5.74, 6) is 1.08. The van der Waals surface area contributed by atoms with Gasteiger partial charge in [-0.3, -0.25) is 0 Å². The van der Waals surface area contributed by atoms with Crippen molar-refractivity contribution in [1.82, 2.24) is 9.80 Å². The summed E-state index contributed by atoms with van der Waals surface area (Å²) in [4.78, 5) is 9.42. The van der Waals surface area contributed by atoms with Gasteiger partial charge in [0.25, 0.3) is 0 Å². The highest BCUT2D eigenvalue weighted by molar-refractivity contribution is 5.82. The zero-order valence-corrected chi connectivity index (χ0v) is 12.1. The maximum absolute atomic E-state index is 4.81. The Morgan fingerprint density at radius 2 is 1.28 bits per heavy atom. The van der Waals surface area contributed by atoms with Gasteiger partial charge in [0.05, 0.1) is 5.69 Å². The molecular weight excluding hydrogens is 222 g/mol. The molecule has 0 amide bonds. The van der Waals surface area contributed by atoms with Crippen LogP contribution in [0.25, 0.3) is 0 Å². The minimum Gasteiger partial charge on any atom is -0.343 e. The Bertz CT molecular complexity index is 337. The zero-order valence-electron chi connectivity index (χ0n) is 12.1. The van der Waals surface area contributed by atoms with Crippen LogP contribution in [0.5, 0.6) is 0 Å². The van der Waals surface area contributed by atoms with Crippen LogP contribution in [-0.4, -0.2) is 41.9 Å². The molecule has 0 saturated heterocycles. The summed E-state index contributed by atoms with van der Waals surface area (Å²) >= 11 is 0. The molecule has 18 heavy (non-hydrogen) atoms. The van der Waals surface area contributed by atoms with Crippen molar-refractivity contribution in [3.63, 3.8) is 0 Å². The van der Waals surface area contributed by atoms with Crippen LogP contribution in [0.4, 0.5) is 5.69 Å². The maximum atomic E-state index is 4.81. The number of benzene rings is 1. The predicted octanol–water partition coefficient (Wildman–Crippen LogP) is 3.36. The maximum Gasteiger partial charge on any atom is 0.201 e. The number of hydrogen-bond donors (Lipinski definition) is 0. The van der Waals surface area contributed by atoms with Crippen molar-refractivity contribution in [3.05, 3.63) is 30.3 Å². The fourth-order valence-electron chi connectivity index (χ4n) is 1.97. The normalized spacial score (nSPS) is 10.0. The summed E-state index contributed by atoms with van der Waals surface area (Å²) in [6, 6.07) is 10.2. The molecule has 0 aliphatic rings. The number of rotatable bonds is 5. The fraction of sp³-hybridized carbons (Fsp3) is 0.533. The monoisotopic (exact) mass is 247 g/mol. The summed E-state index contributed by atoms with van der Waals surface area (Å²) < 4.78 is 0. The molecule has 0 bridgehead atoms. The topological polar surface area (TPSA) is 18.8 Å². The van der Waals surface area contributed by atoms with E-state index in [9.17, 15) is 0 Å². The molecule has 0 spiro atoms. The molecular formula is C15H25N3. The first-order valence-electron chi connectivity index (χ1n) is 6.90. The highest BCUT2D eigenvalue weighted by Crippen LogP contribution is 2.13. The van der Waals surface area contributed by atoms with Crippen LogP contribution in [-0.2, 0) is 0 Å². The van der Waals surface area contributed by atoms with E-state index in [1.165, 1.54) is 0 Å². The number of nitrogens with zero attached hydrogens (tertiary/aromatic N) is 3. The summed E-state index contributed by atoms with van der Waals surface area (Å²) in [7, 11) is 0. The van der Waals surface area contributed by atoms with Gasteiger partial charge in [-0.25, -0.2) is 4.99 Å². The van der Waals surface area contributed by atoms with E-state index in [1.807, 2.05) is 30.3 Å². The highest BCUT2D eigenvalue weighted by Gasteiger charge is 2.13. The van der Waals surface area contributed by atoms with E-state index < -0.39 is 0 Å². The largest absolute Gasteiger partial charge is 0.343 e. The molecule has 0 radical (unpaired) electrons. The first-order valence-corrected chi connectivity index (χ1v) is 6.90. The third kappa shape index (κ3) is 3.76. The molecule has 0 atom stereocenters. The van der Waals surface area contributed by atoms with Crippen molar-refractivity contribution < 1.29 is 0 Å². The third-order valence-electron chi connectivity index (χ3n) is 3.08. The van der Waals surface area contributed by atoms with Crippen molar-refractivity contribution in [1.29, 1.82) is 0 Å². The Morgan fingerprint density at radius 1 is 0.833 bits per heavy atom. The van der Waals surface area contributed by atoms with Crippen molar-refractivity contribution in [2.45, 2.75) is 27.7 Å². The predicted molar refractivity (Wildman–Crippen MR) is 79.4 cm³/mol. The molecule has 0 aromatic heterocycles. The minimum absolute atomic E-state index is 0.985. The molecule has 0 saturated carbocycles. The SMILES string of the molecule is CCN(CC)C(=Nc1ccccc1)N(CC)CC. The Morgan fingerprint density at radius 3 is 1.67 bits per heavy atom.